The molecule has 0 fully saturated rings. The molecule has 0 unspecified atom stereocenters. The number of para-hydroxylation sites is 2. The monoisotopic (exact) mass is 431 g/mol. The molecule has 0 aliphatic carbocycles. The van der Waals surface area contributed by atoms with Gasteiger partial charge >= 0.3 is 0 Å². The van der Waals surface area contributed by atoms with E-state index in [0.29, 0.717) is 5.02 Å². The fraction of sp³-hybridized carbons (Fsp3) is 0.296. The number of hydrogen-bond donors (Lipinski definition) is 0. The summed E-state index contributed by atoms with van der Waals surface area (Å²) in [4.78, 5) is 14.3. The standard InChI is InChI=1S/C27H30ClN3/c1-5-19-11-9-12-20(6-2)26(19)29-17-24-15-23(28)16-25(31-24)18-30-27-21(7-3)13-10-14-22(27)8-4/h9-18H,5-8H2,1-4H3. The zero-order valence-electron chi connectivity index (χ0n) is 18.8. The van der Waals surface area contributed by atoms with Crippen molar-refractivity contribution in [3.05, 3.63) is 87.2 Å². The molecule has 0 saturated carbocycles. The molecule has 3 rings (SSSR count). The van der Waals surface area contributed by atoms with Crippen molar-refractivity contribution in [2.45, 2.75) is 53.4 Å². The fourth-order valence-corrected chi connectivity index (χ4v) is 3.92. The van der Waals surface area contributed by atoms with Crippen LogP contribution < -0.4 is 0 Å². The lowest BCUT2D eigenvalue weighted by molar-refractivity contribution is 1.08. The molecule has 3 aromatic rings. The van der Waals surface area contributed by atoms with E-state index >= 15 is 0 Å². The summed E-state index contributed by atoms with van der Waals surface area (Å²) in [7, 11) is 0. The zero-order valence-corrected chi connectivity index (χ0v) is 19.6. The topological polar surface area (TPSA) is 37.6 Å². The van der Waals surface area contributed by atoms with Crippen LogP contribution in [-0.2, 0) is 25.7 Å². The van der Waals surface area contributed by atoms with E-state index in [2.05, 4.69) is 64.1 Å². The number of pyridine rings is 1. The molecular formula is C27H30ClN3. The number of aryl methyl sites for hydroxylation is 4. The fourth-order valence-electron chi connectivity index (χ4n) is 3.69. The first-order chi connectivity index (χ1) is 15.1. The van der Waals surface area contributed by atoms with Crippen LogP contribution in [0.5, 0.6) is 0 Å². The lowest BCUT2D eigenvalue weighted by atomic mass is 10.0. The van der Waals surface area contributed by atoms with Crippen LogP contribution in [0.25, 0.3) is 0 Å². The second kappa shape index (κ2) is 11.0. The molecule has 31 heavy (non-hydrogen) atoms. The Morgan fingerprint density at radius 1 is 0.677 bits per heavy atom. The van der Waals surface area contributed by atoms with Crippen molar-refractivity contribution in [3.63, 3.8) is 0 Å². The molecule has 0 aliphatic heterocycles. The maximum atomic E-state index is 6.38. The highest BCUT2D eigenvalue weighted by Gasteiger charge is 2.06. The summed E-state index contributed by atoms with van der Waals surface area (Å²) in [6, 6.07) is 16.4. The lowest BCUT2D eigenvalue weighted by Crippen LogP contribution is -1.96. The summed E-state index contributed by atoms with van der Waals surface area (Å²) in [5.41, 5.74) is 8.47. The third-order valence-electron chi connectivity index (χ3n) is 5.41. The van der Waals surface area contributed by atoms with Gasteiger partial charge in [-0.05, 0) is 60.1 Å². The van der Waals surface area contributed by atoms with Crippen molar-refractivity contribution in [1.82, 2.24) is 4.98 Å². The van der Waals surface area contributed by atoms with Gasteiger partial charge in [-0.2, -0.15) is 0 Å². The van der Waals surface area contributed by atoms with Crippen LogP contribution in [0, 0.1) is 0 Å². The van der Waals surface area contributed by atoms with Gasteiger partial charge < -0.3 is 0 Å². The summed E-state index contributed by atoms with van der Waals surface area (Å²) in [6.45, 7) is 8.61. The van der Waals surface area contributed by atoms with Crippen LogP contribution in [0.1, 0.15) is 61.3 Å². The van der Waals surface area contributed by atoms with E-state index in [1.54, 1.807) is 12.4 Å². The summed E-state index contributed by atoms with van der Waals surface area (Å²) in [6.07, 6.45) is 7.37. The van der Waals surface area contributed by atoms with Crippen LogP contribution in [0.15, 0.2) is 58.5 Å². The van der Waals surface area contributed by atoms with Crippen LogP contribution in [0.3, 0.4) is 0 Å². The molecule has 0 atom stereocenters. The Labute approximate surface area is 191 Å². The van der Waals surface area contributed by atoms with Crippen LogP contribution in [0.2, 0.25) is 5.02 Å². The molecule has 3 nitrogen and oxygen atoms in total. The minimum atomic E-state index is 0.622. The van der Waals surface area contributed by atoms with E-state index in [0.717, 1.165) is 48.4 Å². The number of halogens is 1. The van der Waals surface area contributed by atoms with Gasteiger partial charge in [-0.3, -0.25) is 9.98 Å². The Kier molecular flexibility index (Phi) is 8.13. The highest BCUT2D eigenvalue weighted by Crippen LogP contribution is 2.27. The predicted molar refractivity (Wildman–Crippen MR) is 134 cm³/mol. The highest BCUT2D eigenvalue weighted by atomic mass is 35.5. The van der Waals surface area contributed by atoms with E-state index in [4.69, 9.17) is 26.6 Å². The highest BCUT2D eigenvalue weighted by molar-refractivity contribution is 6.31. The van der Waals surface area contributed by atoms with Gasteiger partial charge in [0, 0.05) is 5.02 Å². The first-order valence-electron chi connectivity index (χ1n) is 11.1. The summed E-state index contributed by atoms with van der Waals surface area (Å²) >= 11 is 6.38. The van der Waals surface area contributed by atoms with Gasteiger partial charge in [0.2, 0.25) is 0 Å². The van der Waals surface area contributed by atoms with Crippen molar-refractivity contribution in [1.29, 1.82) is 0 Å². The summed E-state index contributed by atoms with van der Waals surface area (Å²) in [5.74, 6) is 0. The Bertz CT molecular complexity index is 971. The van der Waals surface area contributed by atoms with E-state index in [1.165, 1.54) is 22.3 Å². The van der Waals surface area contributed by atoms with Crippen molar-refractivity contribution in [3.8, 4) is 0 Å². The van der Waals surface area contributed by atoms with E-state index in [1.807, 2.05) is 12.1 Å². The average Bonchev–Trinajstić information content (AvgIpc) is 2.80. The second-order valence-corrected chi connectivity index (χ2v) is 7.85. The van der Waals surface area contributed by atoms with Crippen LogP contribution in [-0.4, -0.2) is 17.4 Å². The largest absolute Gasteiger partial charge is 0.254 e. The third kappa shape index (κ3) is 5.68. The Hall–Kier alpha value is -2.78. The smallest absolute Gasteiger partial charge is 0.0835 e. The number of rotatable bonds is 8. The number of benzene rings is 2. The van der Waals surface area contributed by atoms with Crippen LogP contribution >= 0.6 is 11.6 Å². The quantitative estimate of drug-likeness (QED) is 0.340. The zero-order chi connectivity index (χ0) is 22.2. The number of nitrogens with zero attached hydrogens (tertiary/aromatic N) is 3. The van der Waals surface area contributed by atoms with E-state index in [-0.39, 0.29) is 0 Å². The SMILES string of the molecule is CCc1cccc(CC)c1N=Cc1cc(Cl)cc(C=Nc2c(CC)cccc2CC)n1. The second-order valence-electron chi connectivity index (χ2n) is 7.42. The van der Waals surface area contributed by atoms with E-state index < -0.39 is 0 Å². The minimum Gasteiger partial charge on any atom is -0.254 e. The van der Waals surface area contributed by atoms with Gasteiger partial charge in [0.25, 0.3) is 0 Å². The van der Waals surface area contributed by atoms with Gasteiger partial charge in [0.1, 0.15) is 0 Å². The third-order valence-corrected chi connectivity index (χ3v) is 5.63. The molecule has 0 saturated heterocycles. The normalized spacial score (nSPS) is 11.6. The summed E-state index contributed by atoms with van der Waals surface area (Å²) in [5, 5.41) is 0.622. The average molecular weight is 432 g/mol. The molecule has 0 N–H and O–H groups in total. The molecule has 0 radical (unpaired) electrons. The first kappa shape index (κ1) is 22.9. The van der Waals surface area contributed by atoms with Gasteiger partial charge in [0.15, 0.2) is 0 Å². The van der Waals surface area contributed by atoms with Crippen LogP contribution in [0.4, 0.5) is 11.4 Å². The van der Waals surface area contributed by atoms with Gasteiger partial charge in [-0.15, -0.1) is 0 Å². The molecule has 0 spiro atoms. The molecule has 0 aliphatic rings. The molecule has 1 aromatic heterocycles. The molecular weight excluding hydrogens is 402 g/mol. The lowest BCUT2D eigenvalue weighted by Gasteiger charge is -2.09. The van der Waals surface area contributed by atoms with Gasteiger partial charge in [-0.1, -0.05) is 75.7 Å². The summed E-state index contributed by atoms with van der Waals surface area (Å²) < 4.78 is 0. The van der Waals surface area contributed by atoms with Crippen molar-refractivity contribution in [2.75, 3.05) is 0 Å². The number of aliphatic imine (C=N–C) groups is 2. The maximum Gasteiger partial charge on any atom is 0.0835 e. The molecule has 0 bridgehead atoms. The minimum absolute atomic E-state index is 0.622. The predicted octanol–water partition coefficient (Wildman–Crippen LogP) is 7.49. The first-order valence-corrected chi connectivity index (χ1v) is 11.4. The van der Waals surface area contributed by atoms with Gasteiger partial charge in [0.05, 0.1) is 35.2 Å². The Morgan fingerprint density at radius 2 is 1.03 bits per heavy atom. The molecule has 4 heteroatoms. The van der Waals surface area contributed by atoms with Crippen molar-refractivity contribution in [2.24, 2.45) is 9.98 Å². The molecule has 1 heterocycles. The van der Waals surface area contributed by atoms with E-state index in [9.17, 15) is 0 Å². The van der Waals surface area contributed by atoms with Crippen molar-refractivity contribution >= 4 is 35.4 Å². The molecule has 0 amide bonds. The van der Waals surface area contributed by atoms with Gasteiger partial charge in [-0.25, -0.2) is 4.98 Å². The Morgan fingerprint density at radius 3 is 1.35 bits per heavy atom. The number of aromatic nitrogens is 1. The molecule has 160 valence electrons. The van der Waals surface area contributed by atoms with Crippen molar-refractivity contribution < 1.29 is 0 Å². The number of hydrogen-bond acceptors (Lipinski definition) is 3. The molecule has 2 aromatic carbocycles. The maximum absolute atomic E-state index is 6.38. The Balaban J connectivity index is 1.94.